The summed E-state index contributed by atoms with van der Waals surface area (Å²) in [5.74, 6) is -0.236. The summed E-state index contributed by atoms with van der Waals surface area (Å²) < 4.78 is 33.8. The van der Waals surface area contributed by atoms with Crippen molar-refractivity contribution in [2.24, 2.45) is 0 Å². The first kappa shape index (κ1) is 20.1. The molecule has 1 aromatic carbocycles. The maximum Gasteiger partial charge on any atom is 0.306 e. The van der Waals surface area contributed by atoms with Crippen LogP contribution in [-0.2, 0) is 23.8 Å². The number of esters is 1. The molecule has 0 aliphatic heterocycles. The lowest BCUT2D eigenvalue weighted by molar-refractivity contribution is -0.143. The minimum atomic E-state index is -3.74. The number of carbonyl (C=O) groups excluding carboxylic acids is 1. The smallest absolute Gasteiger partial charge is 0.306 e. The fourth-order valence-corrected chi connectivity index (χ4v) is 2.73. The summed E-state index contributed by atoms with van der Waals surface area (Å²) in [5, 5.41) is 0. The summed E-state index contributed by atoms with van der Waals surface area (Å²) >= 11 is 0. The van der Waals surface area contributed by atoms with Gasteiger partial charge in [0.1, 0.15) is 0 Å². The van der Waals surface area contributed by atoms with E-state index in [1.165, 1.54) is 12.1 Å². The van der Waals surface area contributed by atoms with Gasteiger partial charge in [-0.25, -0.2) is 0 Å². The van der Waals surface area contributed by atoms with Crippen molar-refractivity contribution in [3.8, 4) is 0 Å². The van der Waals surface area contributed by atoms with E-state index in [9.17, 15) is 13.2 Å². The molecule has 0 spiro atoms. The molecule has 0 aliphatic rings. The van der Waals surface area contributed by atoms with Crippen molar-refractivity contribution in [3.63, 3.8) is 0 Å². The normalized spacial score (nSPS) is 11.6. The fraction of sp³-hybridized carbons (Fsp3) is 0.389. The van der Waals surface area contributed by atoms with Gasteiger partial charge >= 0.3 is 5.97 Å². The molecule has 0 radical (unpaired) electrons. The fourth-order valence-electron chi connectivity index (χ4n) is 1.82. The molecule has 0 atom stereocenters. The average Bonchev–Trinajstić information content (AvgIpc) is 2.52. The van der Waals surface area contributed by atoms with Gasteiger partial charge in [0.25, 0.3) is 10.1 Å². The highest BCUT2D eigenvalue weighted by molar-refractivity contribution is 7.86. The largest absolute Gasteiger partial charge is 0.466 e. The van der Waals surface area contributed by atoms with Crippen LogP contribution in [-0.4, -0.2) is 27.6 Å². The Balaban J connectivity index is 2.34. The van der Waals surface area contributed by atoms with Gasteiger partial charge in [0.15, 0.2) is 0 Å². The second-order valence-electron chi connectivity index (χ2n) is 5.24. The lowest BCUT2D eigenvalue weighted by Crippen LogP contribution is -2.07. The molecule has 0 unspecified atom stereocenters. The molecule has 132 valence electrons. The van der Waals surface area contributed by atoms with E-state index in [1.54, 1.807) is 25.1 Å². The van der Waals surface area contributed by atoms with Gasteiger partial charge in [-0.1, -0.05) is 42.0 Å². The predicted octanol–water partition coefficient (Wildman–Crippen LogP) is 3.55. The van der Waals surface area contributed by atoms with Gasteiger partial charge < -0.3 is 4.74 Å². The van der Waals surface area contributed by atoms with Crippen molar-refractivity contribution in [2.45, 2.75) is 38.0 Å². The highest BCUT2D eigenvalue weighted by atomic mass is 32.2. The summed E-state index contributed by atoms with van der Waals surface area (Å²) in [5.41, 5.74) is 1.72. The number of benzene rings is 1. The van der Waals surface area contributed by atoms with E-state index in [4.69, 9.17) is 8.92 Å². The second kappa shape index (κ2) is 10.1. The zero-order valence-corrected chi connectivity index (χ0v) is 15.0. The van der Waals surface area contributed by atoms with E-state index in [0.717, 1.165) is 11.1 Å². The van der Waals surface area contributed by atoms with E-state index < -0.39 is 10.1 Å². The van der Waals surface area contributed by atoms with Gasteiger partial charge in [-0.05, 0) is 38.8 Å². The number of allylic oxidation sites excluding steroid dienone is 2. The third-order valence-electron chi connectivity index (χ3n) is 3.15. The van der Waals surface area contributed by atoms with Crippen LogP contribution in [0.5, 0.6) is 0 Å². The van der Waals surface area contributed by atoms with Crippen LogP contribution in [0.25, 0.3) is 0 Å². The van der Waals surface area contributed by atoms with Gasteiger partial charge in [0, 0.05) is 6.42 Å². The Kier molecular flexibility index (Phi) is 8.43. The van der Waals surface area contributed by atoms with E-state index in [1.807, 2.05) is 13.0 Å². The van der Waals surface area contributed by atoms with Crippen LogP contribution in [0.15, 0.2) is 53.5 Å². The first-order chi connectivity index (χ1) is 11.3. The molecule has 0 amide bonds. The molecule has 0 aliphatic carbocycles. The molecule has 0 aromatic heterocycles. The molecule has 0 heterocycles. The quantitative estimate of drug-likeness (QED) is 0.366. The standard InChI is InChI=1S/C18H24O5S/c1-4-22-18(19)8-6-5-7-15(2)13-14-23-24(20,21)17-11-9-16(3)10-12-17/h5,7,9-12H,2,4,6,8,13-14H2,1,3H3/b7-5+. The van der Waals surface area contributed by atoms with Crippen molar-refractivity contribution in [2.75, 3.05) is 13.2 Å². The van der Waals surface area contributed by atoms with Crippen LogP contribution < -0.4 is 0 Å². The number of aryl methyl sites for hydroxylation is 1. The molecule has 0 saturated heterocycles. The maximum atomic E-state index is 12.0. The number of rotatable bonds is 10. The first-order valence-electron chi connectivity index (χ1n) is 7.81. The molecule has 0 saturated carbocycles. The molecular weight excluding hydrogens is 328 g/mol. The Morgan fingerprint density at radius 2 is 1.88 bits per heavy atom. The van der Waals surface area contributed by atoms with Crippen LogP contribution >= 0.6 is 0 Å². The van der Waals surface area contributed by atoms with Crippen LogP contribution in [0.3, 0.4) is 0 Å². The van der Waals surface area contributed by atoms with Crippen molar-refractivity contribution in [3.05, 3.63) is 54.1 Å². The molecule has 5 nitrogen and oxygen atoms in total. The number of hydrogen-bond acceptors (Lipinski definition) is 5. The molecule has 0 fully saturated rings. The first-order valence-corrected chi connectivity index (χ1v) is 9.22. The summed E-state index contributed by atoms with van der Waals surface area (Å²) in [6.07, 6.45) is 4.84. The minimum Gasteiger partial charge on any atom is -0.466 e. The third kappa shape index (κ3) is 7.57. The van der Waals surface area contributed by atoms with Crippen molar-refractivity contribution in [1.82, 2.24) is 0 Å². The van der Waals surface area contributed by atoms with Crippen LogP contribution in [0, 0.1) is 6.92 Å². The predicted molar refractivity (Wildman–Crippen MR) is 93.1 cm³/mol. The highest BCUT2D eigenvalue weighted by Crippen LogP contribution is 2.14. The Hall–Kier alpha value is -1.92. The van der Waals surface area contributed by atoms with Crippen LogP contribution in [0.2, 0.25) is 0 Å². The lowest BCUT2D eigenvalue weighted by atomic mass is 10.2. The van der Waals surface area contributed by atoms with Crippen molar-refractivity contribution >= 4 is 16.1 Å². The monoisotopic (exact) mass is 352 g/mol. The topological polar surface area (TPSA) is 69.7 Å². The molecule has 1 aromatic rings. The Morgan fingerprint density at radius 1 is 1.21 bits per heavy atom. The summed E-state index contributed by atoms with van der Waals surface area (Å²) in [4.78, 5) is 11.3. The molecule has 6 heteroatoms. The Labute approximate surface area is 144 Å². The minimum absolute atomic E-state index is 0.0251. The third-order valence-corrected chi connectivity index (χ3v) is 4.47. The van der Waals surface area contributed by atoms with E-state index in [-0.39, 0.29) is 17.5 Å². The molecule has 0 bridgehead atoms. The SMILES string of the molecule is C=C(/C=C/CCC(=O)OCC)CCOS(=O)(=O)c1ccc(C)cc1. The van der Waals surface area contributed by atoms with Gasteiger partial charge in [0.2, 0.25) is 0 Å². The molecule has 0 N–H and O–H groups in total. The van der Waals surface area contributed by atoms with E-state index in [0.29, 0.717) is 25.9 Å². The second-order valence-corrected chi connectivity index (χ2v) is 6.86. The lowest BCUT2D eigenvalue weighted by Gasteiger charge is -2.06. The van der Waals surface area contributed by atoms with Gasteiger partial charge in [-0.3, -0.25) is 8.98 Å². The van der Waals surface area contributed by atoms with E-state index >= 15 is 0 Å². The van der Waals surface area contributed by atoms with E-state index in [2.05, 4.69) is 6.58 Å². The number of ether oxygens (including phenoxy) is 1. The van der Waals surface area contributed by atoms with Gasteiger partial charge in [0.05, 0.1) is 18.1 Å². The molecule has 1 rings (SSSR count). The molecular formula is C18H24O5S. The summed E-state index contributed by atoms with van der Waals surface area (Å²) in [7, 11) is -3.74. The zero-order chi connectivity index (χ0) is 18.0. The number of carbonyl (C=O) groups is 1. The Bertz CT molecular complexity index is 672. The highest BCUT2D eigenvalue weighted by Gasteiger charge is 2.14. The number of hydrogen-bond donors (Lipinski definition) is 0. The van der Waals surface area contributed by atoms with Gasteiger partial charge in [-0.2, -0.15) is 8.42 Å². The maximum absolute atomic E-state index is 12.0. The average molecular weight is 352 g/mol. The summed E-state index contributed by atoms with van der Waals surface area (Å²) in [6.45, 7) is 7.88. The van der Waals surface area contributed by atoms with Crippen LogP contribution in [0.4, 0.5) is 0 Å². The summed E-state index contributed by atoms with van der Waals surface area (Å²) in [6, 6.07) is 6.49. The Morgan fingerprint density at radius 3 is 2.50 bits per heavy atom. The van der Waals surface area contributed by atoms with Crippen molar-refractivity contribution < 1.29 is 22.1 Å². The van der Waals surface area contributed by atoms with Gasteiger partial charge in [-0.15, -0.1) is 0 Å². The molecule has 24 heavy (non-hydrogen) atoms. The van der Waals surface area contributed by atoms with Crippen LogP contribution in [0.1, 0.15) is 31.7 Å². The van der Waals surface area contributed by atoms with Crippen molar-refractivity contribution in [1.29, 1.82) is 0 Å². The zero-order valence-electron chi connectivity index (χ0n) is 14.2.